The summed E-state index contributed by atoms with van der Waals surface area (Å²) in [5.74, 6) is 1.40. The Bertz CT molecular complexity index is 486. The largest absolute Gasteiger partial charge is 0.497 e. The number of hydrogen-bond donors (Lipinski definition) is 0. The average molecular weight is 235 g/mol. The van der Waals surface area contributed by atoms with Crippen molar-refractivity contribution in [3.05, 3.63) is 17.7 Å². The topological polar surface area (TPSA) is 48.0 Å². The van der Waals surface area contributed by atoms with E-state index in [-0.39, 0.29) is 12.1 Å². The zero-order valence-corrected chi connectivity index (χ0v) is 9.73. The average Bonchev–Trinajstić information content (AvgIpc) is 2.87. The van der Waals surface area contributed by atoms with Crippen molar-refractivity contribution in [1.29, 1.82) is 0 Å². The molecule has 2 heterocycles. The molecule has 2 aliphatic rings. The molecule has 0 saturated carbocycles. The summed E-state index contributed by atoms with van der Waals surface area (Å²) in [5.41, 5.74) is 1.89. The van der Waals surface area contributed by atoms with Gasteiger partial charge in [-0.15, -0.1) is 0 Å². The van der Waals surface area contributed by atoms with E-state index in [0.29, 0.717) is 12.4 Å². The Morgan fingerprint density at radius 2 is 2.18 bits per heavy atom. The van der Waals surface area contributed by atoms with Crippen molar-refractivity contribution in [2.45, 2.75) is 12.5 Å². The first-order valence-electron chi connectivity index (χ1n) is 5.45. The highest BCUT2D eigenvalue weighted by Gasteiger charge is 2.42. The summed E-state index contributed by atoms with van der Waals surface area (Å²) in [7, 11) is 3.20. The van der Waals surface area contributed by atoms with Crippen LogP contribution in [-0.4, -0.2) is 33.0 Å². The van der Waals surface area contributed by atoms with Crippen molar-refractivity contribution in [2.75, 3.05) is 25.7 Å². The minimum absolute atomic E-state index is 0.0958. The number of nitrogens with zero attached hydrogens (tertiary/aromatic N) is 1. The van der Waals surface area contributed by atoms with Crippen LogP contribution in [0, 0.1) is 0 Å². The summed E-state index contributed by atoms with van der Waals surface area (Å²) < 4.78 is 15.6. The van der Waals surface area contributed by atoms with Gasteiger partial charge in [0.05, 0.1) is 25.9 Å². The number of carbonyl (C=O) groups is 1. The van der Waals surface area contributed by atoms with E-state index < -0.39 is 0 Å². The maximum absolute atomic E-state index is 11.7. The number of hydrogen-bond acceptors (Lipinski definition) is 4. The molecule has 1 fully saturated rings. The highest BCUT2D eigenvalue weighted by atomic mass is 16.6. The highest BCUT2D eigenvalue weighted by molar-refractivity contribution is 5.95. The molecule has 0 aliphatic carbocycles. The van der Waals surface area contributed by atoms with Crippen LogP contribution in [-0.2, 0) is 11.2 Å². The van der Waals surface area contributed by atoms with Crippen molar-refractivity contribution in [3.63, 3.8) is 0 Å². The quantitative estimate of drug-likeness (QED) is 0.781. The lowest BCUT2D eigenvalue weighted by Crippen LogP contribution is -2.29. The molecule has 1 saturated heterocycles. The van der Waals surface area contributed by atoms with Gasteiger partial charge in [0.1, 0.15) is 18.1 Å². The maximum Gasteiger partial charge on any atom is 0.414 e. The summed E-state index contributed by atoms with van der Waals surface area (Å²) >= 11 is 0. The molecule has 1 amide bonds. The van der Waals surface area contributed by atoms with E-state index in [0.717, 1.165) is 23.4 Å². The minimum Gasteiger partial charge on any atom is -0.497 e. The standard InChI is InChI=1S/C12H13NO4/c1-15-9-4-7-3-8-6-17-12(14)13(8)11(7)10(5-9)16-2/h4-5,8H,3,6H2,1-2H3/t8-/m1/s1. The molecule has 17 heavy (non-hydrogen) atoms. The van der Waals surface area contributed by atoms with Crippen LogP contribution < -0.4 is 14.4 Å². The third-order valence-electron chi connectivity index (χ3n) is 3.24. The van der Waals surface area contributed by atoms with Gasteiger partial charge in [-0.3, -0.25) is 4.90 Å². The van der Waals surface area contributed by atoms with Crippen molar-refractivity contribution in [1.82, 2.24) is 0 Å². The SMILES string of the molecule is COc1cc2c(c(OC)c1)N1C(=O)OC[C@H]1C2. The van der Waals surface area contributed by atoms with Gasteiger partial charge in [0.15, 0.2) is 0 Å². The van der Waals surface area contributed by atoms with E-state index in [1.807, 2.05) is 6.07 Å². The van der Waals surface area contributed by atoms with E-state index in [1.165, 1.54) is 0 Å². The molecule has 5 heteroatoms. The monoisotopic (exact) mass is 235 g/mol. The predicted molar refractivity (Wildman–Crippen MR) is 60.9 cm³/mol. The van der Waals surface area contributed by atoms with Gasteiger partial charge in [-0.25, -0.2) is 4.79 Å². The van der Waals surface area contributed by atoms with Gasteiger partial charge < -0.3 is 14.2 Å². The Balaban J connectivity index is 2.14. The fraction of sp³-hybridized carbons (Fsp3) is 0.417. The van der Waals surface area contributed by atoms with E-state index in [1.54, 1.807) is 25.2 Å². The molecular weight excluding hydrogens is 222 g/mol. The molecular formula is C12H13NO4. The minimum atomic E-state index is -0.294. The molecule has 0 radical (unpaired) electrons. The molecule has 1 aromatic carbocycles. The van der Waals surface area contributed by atoms with Gasteiger partial charge in [0.2, 0.25) is 0 Å². The Labute approximate surface area is 98.9 Å². The molecule has 1 atom stereocenters. The molecule has 0 unspecified atom stereocenters. The van der Waals surface area contributed by atoms with Crippen molar-refractivity contribution < 1.29 is 19.0 Å². The number of fused-ring (bicyclic) bond motifs is 3. The van der Waals surface area contributed by atoms with Crippen molar-refractivity contribution in [3.8, 4) is 11.5 Å². The number of rotatable bonds is 2. The number of methoxy groups -OCH3 is 2. The molecule has 0 aromatic heterocycles. The summed E-state index contributed by atoms with van der Waals surface area (Å²) in [6.45, 7) is 0.443. The first-order valence-corrected chi connectivity index (χ1v) is 5.45. The summed E-state index contributed by atoms with van der Waals surface area (Å²) in [6, 6.07) is 3.83. The number of ether oxygens (including phenoxy) is 3. The number of benzene rings is 1. The third kappa shape index (κ3) is 1.35. The zero-order chi connectivity index (χ0) is 12.0. The maximum atomic E-state index is 11.7. The smallest absolute Gasteiger partial charge is 0.414 e. The van der Waals surface area contributed by atoms with Crippen LogP contribution >= 0.6 is 0 Å². The Kier molecular flexibility index (Phi) is 2.14. The second kappa shape index (κ2) is 3.55. The number of carbonyl (C=O) groups excluding carboxylic acids is 1. The zero-order valence-electron chi connectivity index (χ0n) is 9.73. The first-order chi connectivity index (χ1) is 8.24. The fourth-order valence-electron chi connectivity index (χ4n) is 2.48. The van der Waals surface area contributed by atoms with Crippen LogP contribution in [0.1, 0.15) is 5.56 Å². The molecule has 0 N–H and O–H groups in total. The fourth-order valence-corrected chi connectivity index (χ4v) is 2.48. The molecule has 90 valence electrons. The van der Waals surface area contributed by atoms with Crippen molar-refractivity contribution >= 4 is 11.8 Å². The lowest BCUT2D eigenvalue weighted by atomic mass is 10.1. The lowest BCUT2D eigenvalue weighted by Gasteiger charge is -2.16. The van der Waals surface area contributed by atoms with Gasteiger partial charge >= 0.3 is 6.09 Å². The molecule has 0 bridgehead atoms. The Morgan fingerprint density at radius 1 is 1.35 bits per heavy atom. The van der Waals surface area contributed by atoms with Gasteiger partial charge in [0, 0.05) is 6.07 Å². The van der Waals surface area contributed by atoms with Crippen LogP contribution in [0.2, 0.25) is 0 Å². The van der Waals surface area contributed by atoms with E-state index >= 15 is 0 Å². The Hall–Kier alpha value is -1.91. The molecule has 3 rings (SSSR count). The van der Waals surface area contributed by atoms with Gasteiger partial charge in [-0.2, -0.15) is 0 Å². The van der Waals surface area contributed by atoms with Crippen LogP contribution in [0.25, 0.3) is 0 Å². The summed E-state index contributed by atoms with van der Waals surface area (Å²) in [5, 5.41) is 0. The van der Waals surface area contributed by atoms with Crippen LogP contribution in [0.15, 0.2) is 12.1 Å². The molecule has 1 aromatic rings. The molecule has 2 aliphatic heterocycles. The lowest BCUT2D eigenvalue weighted by molar-refractivity contribution is 0.178. The van der Waals surface area contributed by atoms with Gasteiger partial charge in [-0.1, -0.05) is 0 Å². The van der Waals surface area contributed by atoms with E-state index in [4.69, 9.17) is 14.2 Å². The van der Waals surface area contributed by atoms with Gasteiger partial charge in [-0.05, 0) is 18.1 Å². The first kappa shape index (κ1) is 10.3. The summed E-state index contributed by atoms with van der Waals surface area (Å²) in [6.07, 6.45) is 0.492. The van der Waals surface area contributed by atoms with E-state index in [2.05, 4.69) is 0 Å². The molecule has 0 spiro atoms. The summed E-state index contributed by atoms with van der Waals surface area (Å²) in [4.78, 5) is 13.3. The van der Waals surface area contributed by atoms with Crippen molar-refractivity contribution in [2.24, 2.45) is 0 Å². The van der Waals surface area contributed by atoms with Gasteiger partial charge in [0.25, 0.3) is 0 Å². The predicted octanol–water partition coefficient (Wildman–Crippen LogP) is 1.59. The number of amides is 1. The highest BCUT2D eigenvalue weighted by Crippen LogP contribution is 2.44. The second-order valence-corrected chi connectivity index (χ2v) is 4.14. The number of cyclic esters (lactones) is 1. The van der Waals surface area contributed by atoms with Crippen LogP contribution in [0.4, 0.5) is 10.5 Å². The normalized spacial score (nSPS) is 20.9. The third-order valence-corrected chi connectivity index (χ3v) is 3.24. The van der Waals surface area contributed by atoms with Crippen LogP contribution in [0.5, 0.6) is 11.5 Å². The Morgan fingerprint density at radius 3 is 2.88 bits per heavy atom. The number of anilines is 1. The molecule has 5 nitrogen and oxygen atoms in total. The second-order valence-electron chi connectivity index (χ2n) is 4.14. The van der Waals surface area contributed by atoms with Crippen LogP contribution in [0.3, 0.4) is 0 Å². The van der Waals surface area contributed by atoms with E-state index in [9.17, 15) is 4.79 Å².